The summed E-state index contributed by atoms with van der Waals surface area (Å²) >= 11 is 0. The van der Waals surface area contributed by atoms with Gasteiger partial charge in [-0.25, -0.2) is 0 Å². The van der Waals surface area contributed by atoms with E-state index in [1.807, 2.05) is 30.3 Å². The number of nitrogens with two attached hydrogens (primary N) is 1. The first-order valence-corrected chi connectivity index (χ1v) is 14.0. The van der Waals surface area contributed by atoms with E-state index in [0.29, 0.717) is 50.7 Å². The highest BCUT2D eigenvalue weighted by Gasteiger charge is 2.31. The van der Waals surface area contributed by atoms with E-state index in [9.17, 15) is 27.6 Å². The van der Waals surface area contributed by atoms with E-state index in [1.165, 1.54) is 33.5 Å². The molecule has 10 nitrogen and oxygen atoms in total. The van der Waals surface area contributed by atoms with Gasteiger partial charge in [-0.3, -0.25) is 28.5 Å². The van der Waals surface area contributed by atoms with Crippen LogP contribution < -0.4 is 16.6 Å². The molecule has 0 spiro atoms. The van der Waals surface area contributed by atoms with Crippen LogP contribution in [0.1, 0.15) is 18.0 Å². The number of primary amides is 1. The van der Waals surface area contributed by atoms with Crippen LogP contribution in [0.2, 0.25) is 0 Å². The van der Waals surface area contributed by atoms with Crippen molar-refractivity contribution in [1.82, 2.24) is 19.2 Å². The van der Waals surface area contributed by atoms with Crippen molar-refractivity contribution in [2.75, 3.05) is 38.2 Å². The second kappa shape index (κ2) is 13.3. The summed E-state index contributed by atoms with van der Waals surface area (Å²) < 4.78 is 47.6. The molecule has 0 radical (unpaired) electrons. The molecule has 1 saturated heterocycles. The fourth-order valence-corrected chi connectivity index (χ4v) is 5.11. The van der Waals surface area contributed by atoms with Gasteiger partial charge in [0.25, 0.3) is 5.56 Å². The first-order valence-electron chi connectivity index (χ1n) is 14.0. The van der Waals surface area contributed by atoms with Crippen LogP contribution in [0, 0.1) is 0 Å². The van der Waals surface area contributed by atoms with Crippen molar-refractivity contribution in [2.45, 2.75) is 25.2 Å². The minimum atomic E-state index is -4.59. The molecule has 13 heteroatoms. The Morgan fingerprint density at radius 1 is 0.955 bits per heavy atom. The number of alkyl halides is 3. The summed E-state index contributed by atoms with van der Waals surface area (Å²) in [5.74, 6) is -1.33. The minimum absolute atomic E-state index is 0.0661. The smallest absolute Gasteiger partial charge is 0.379 e. The van der Waals surface area contributed by atoms with Gasteiger partial charge in [0.1, 0.15) is 12.6 Å². The minimum Gasteiger partial charge on any atom is -0.379 e. The zero-order valence-electron chi connectivity index (χ0n) is 23.7. The maximum Gasteiger partial charge on any atom is 0.416 e. The predicted octanol–water partition coefficient (Wildman–Crippen LogP) is 3.79. The number of nitrogens with zero attached hydrogens (tertiary/aromatic N) is 4. The van der Waals surface area contributed by atoms with Crippen LogP contribution in [0.15, 0.2) is 83.7 Å². The number of ether oxygens (including phenoxy) is 1. The molecule has 4 aromatic rings. The number of nitrogens with one attached hydrogen (secondary N) is 1. The number of amides is 2. The normalized spacial score (nSPS) is 14.7. The third-order valence-corrected chi connectivity index (χ3v) is 7.34. The van der Waals surface area contributed by atoms with Crippen LogP contribution in [0.3, 0.4) is 0 Å². The summed E-state index contributed by atoms with van der Waals surface area (Å²) in [5, 5.41) is 7.18. The highest BCUT2D eigenvalue weighted by atomic mass is 19.4. The second-order valence-electron chi connectivity index (χ2n) is 10.3. The molecule has 3 heterocycles. The number of anilines is 1. The number of halogens is 3. The Kier molecular flexibility index (Phi) is 9.26. The second-order valence-corrected chi connectivity index (χ2v) is 10.3. The molecule has 0 aliphatic carbocycles. The van der Waals surface area contributed by atoms with Crippen molar-refractivity contribution in [3.63, 3.8) is 0 Å². The Morgan fingerprint density at radius 3 is 2.39 bits per heavy atom. The van der Waals surface area contributed by atoms with E-state index in [0.717, 1.165) is 17.7 Å². The molecule has 44 heavy (non-hydrogen) atoms. The lowest BCUT2D eigenvalue weighted by molar-refractivity contribution is -0.137. The number of benzene rings is 2. The first-order chi connectivity index (χ1) is 21.1. The number of carbonyl (C=O) groups excluding carboxylic acids is 2. The van der Waals surface area contributed by atoms with Crippen LogP contribution in [0.25, 0.3) is 22.6 Å². The molecule has 1 unspecified atom stereocenters. The van der Waals surface area contributed by atoms with E-state index in [-0.39, 0.29) is 11.4 Å². The van der Waals surface area contributed by atoms with Crippen molar-refractivity contribution in [3.05, 3.63) is 94.8 Å². The quantitative estimate of drug-likeness (QED) is 0.283. The van der Waals surface area contributed by atoms with Crippen LogP contribution >= 0.6 is 0 Å². The van der Waals surface area contributed by atoms with E-state index in [2.05, 4.69) is 10.2 Å². The van der Waals surface area contributed by atoms with Gasteiger partial charge in [0.05, 0.1) is 35.9 Å². The van der Waals surface area contributed by atoms with Gasteiger partial charge < -0.3 is 15.8 Å². The number of pyridine rings is 1. The number of rotatable bonds is 10. The molecule has 0 saturated carbocycles. The zero-order valence-corrected chi connectivity index (χ0v) is 23.7. The highest BCUT2D eigenvalue weighted by molar-refractivity contribution is 5.91. The van der Waals surface area contributed by atoms with E-state index < -0.39 is 41.7 Å². The van der Waals surface area contributed by atoms with Gasteiger partial charge in [0.2, 0.25) is 11.8 Å². The molecule has 1 fully saturated rings. The van der Waals surface area contributed by atoms with Crippen molar-refractivity contribution >= 4 is 17.5 Å². The fraction of sp³-hybridized carbons (Fsp3) is 0.290. The molecule has 2 aromatic carbocycles. The van der Waals surface area contributed by atoms with Gasteiger partial charge in [0, 0.05) is 37.0 Å². The average Bonchev–Trinajstić information content (AvgIpc) is 3.43. The van der Waals surface area contributed by atoms with E-state index in [4.69, 9.17) is 15.6 Å². The molecule has 2 amide bonds. The van der Waals surface area contributed by atoms with Crippen molar-refractivity contribution in [1.29, 1.82) is 0 Å². The lowest BCUT2D eigenvalue weighted by Crippen LogP contribution is -2.39. The summed E-state index contributed by atoms with van der Waals surface area (Å²) in [5.41, 5.74) is 6.33. The van der Waals surface area contributed by atoms with Gasteiger partial charge in [-0.15, -0.1) is 0 Å². The lowest BCUT2D eigenvalue weighted by Gasteiger charge is -2.28. The third-order valence-electron chi connectivity index (χ3n) is 7.34. The Hall–Kier alpha value is -4.75. The molecule has 2 aromatic heterocycles. The molecule has 230 valence electrons. The average molecular weight is 609 g/mol. The van der Waals surface area contributed by atoms with Crippen molar-refractivity contribution in [2.24, 2.45) is 5.73 Å². The number of carbonyl (C=O) groups is 2. The Labute approximate surface area is 250 Å². The maximum absolute atomic E-state index is 13.2. The van der Waals surface area contributed by atoms with Gasteiger partial charge >= 0.3 is 6.18 Å². The summed E-state index contributed by atoms with van der Waals surface area (Å²) in [6.07, 6.45) is -4.25. The van der Waals surface area contributed by atoms with Gasteiger partial charge in [-0.1, -0.05) is 42.5 Å². The highest BCUT2D eigenvalue weighted by Crippen LogP contribution is 2.31. The first kappa shape index (κ1) is 30.7. The fourth-order valence-electron chi connectivity index (χ4n) is 5.11. The standard InChI is InChI=1S/C31H31F3N6O4/c32-31(33,34)22-8-4-9-23(18-22)36-28(41)20-39-25(10-5-11-29(39)42)27-19-24(21-6-2-1-3-7-21)37-40(27)26(30(35)43)12-13-38-14-16-44-17-15-38/h1-11,18-19,26H,12-17,20H2,(H2,35,43)(H,36,41). The SMILES string of the molecule is NC(=O)C(CCN1CCOCC1)n1nc(-c2ccccc2)cc1-c1cccc(=O)n1CC(=O)Nc1cccc(C(F)(F)F)c1. The number of aromatic nitrogens is 3. The maximum atomic E-state index is 13.2. The van der Waals surface area contributed by atoms with Crippen LogP contribution in [0.4, 0.5) is 18.9 Å². The van der Waals surface area contributed by atoms with Gasteiger partial charge in [-0.2, -0.15) is 18.3 Å². The van der Waals surface area contributed by atoms with Crippen LogP contribution in [0.5, 0.6) is 0 Å². The monoisotopic (exact) mass is 608 g/mol. The van der Waals surface area contributed by atoms with Crippen LogP contribution in [-0.2, 0) is 27.0 Å². The zero-order chi connectivity index (χ0) is 31.3. The topological polar surface area (TPSA) is 124 Å². The van der Waals surface area contributed by atoms with Crippen molar-refractivity contribution < 1.29 is 27.5 Å². The molecular weight excluding hydrogens is 577 g/mol. The summed E-state index contributed by atoms with van der Waals surface area (Å²) in [6, 6.07) is 18.7. The largest absolute Gasteiger partial charge is 0.416 e. The summed E-state index contributed by atoms with van der Waals surface area (Å²) in [6.45, 7) is 2.65. The molecule has 5 rings (SSSR count). The van der Waals surface area contributed by atoms with Crippen molar-refractivity contribution in [3.8, 4) is 22.6 Å². The number of hydrogen-bond donors (Lipinski definition) is 2. The summed E-state index contributed by atoms with van der Waals surface area (Å²) in [7, 11) is 0. The molecule has 1 aliphatic heterocycles. The third kappa shape index (κ3) is 7.24. The molecule has 0 bridgehead atoms. The Morgan fingerprint density at radius 2 is 1.68 bits per heavy atom. The molecule has 1 aliphatic rings. The molecule has 1 atom stereocenters. The van der Waals surface area contributed by atoms with E-state index in [1.54, 1.807) is 12.1 Å². The van der Waals surface area contributed by atoms with E-state index >= 15 is 0 Å². The summed E-state index contributed by atoms with van der Waals surface area (Å²) in [4.78, 5) is 41.2. The Balaban J connectivity index is 1.51. The number of morpholine rings is 1. The molecule has 3 N–H and O–H groups in total. The Bertz CT molecular complexity index is 1680. The predicted molar refractivity (Wildman–Crippen MR) is 158 cm³/mol. The van der Waals surface area contributed by atoms with Gasteiger partial charge in [0.15, 0.2) is 0 Å². The number of hydrogen-bond acceptors (Lipinski definition) is 6. The lowest BCUT2D eigenvalue weighted by atomic mass is 10.1. The van der Waals surface area contributed by atoms with Gasteiger partial charge in [-0.05, 0) is 36.8 Å². The van der Waals surface area contributed by atoms with Crippen LogP contribution in [-0.4, -0.2) is 63.9 Å². The molecular formula is C31H31F3N6O4.